The Morgan fingerprint density at radius 3 is 2.65 bits per heavy atom. The summed E-state index contributed by atoms with van der Waals surface area (Å²) in [7, 11) is 0. The molecular formula is C16H15ClN2O3S. The second-order valence-electron chi connectivity index (χ2n) is 4.76. The fourth-order valence-corrected chi connectivity index (χ4v) is 2.97. The third-order valence-electron chi connectivity index (χ3n) is 3.01. The lowest BCUT2D eigenvalue weighted by molar-refractivity contribution is -0.384. The zero-order valence-electron chi connectivity index (χ0n) is 12.2. The molecule has 0 aliphatic carbocycles. The average Bonchev–Trinajstić information content (AvgIpc) is 2.54. The largest absolute Gasteiger partial charge is 0.326 e. The molecule has 2 rings (SSSR count). The molecule has 5 nitrogen and oxygen atoms in total. The summed E-state index contributed by atoms with van der Waals surface area (Å²) in [5.74, 6) is 1.35. The SMILES string of the molecule is O=C(CCSCc1ccccc1)Nc1ccc(Cl)c([N+](=O)[O-])c1. The number of hydrogen-bond acceptors (Lipinski definition) is 4. The van der Waals surface area contributed by atoms with Gasteiger partial charge in [0.2, 0.25) is 5.91 Å². The van der Waals surface area contributed by atoms with Crippen molar-refractivity contribution in [1.29, 1.82) is 0 Å². The van der Waals surface area contributed by atoms with E-state index in [0.29, 0.717) is 17.9 Å². The Labute approximate surface area is 143 Å². The van der Waals surface area contributed by atoms with Crippen molar-refractivity contribution in [3.8, 4) is 0 Å². The predicted octanol–water partition coefficient (Wildman–Crippen LogP) is 4.51. The van der Waals surface area contributed by atoms with Crippen LogP contribution in [0.25, 0.3) is 0 Å². The second-order valence-corrected chi connectivity index (χ2v) is 6.27. The normalized spacial score (nSPS) is 10.3. The molecule has 0 atom stereocenters. The van der Waals surface area contributed by atoms with Gasteiger partial charge in [-0.25, -0.2) is 0 Å². The number of nitrogens with one attached hydrogen (secondary N) is 1. The number of nitro groups is 1. The summed E-state index contributed by atoms with van der Waals surface area (Å²) in [4.78, 5) is 22.1. The van der Waals surface area contributed by atoms with Crippen molar-refractivity contribution in [3.05, 3.63) is 69.2 Å². The quantitative estimate of drug-likeness (QED) is 0.453. The highest BCUT2D eigenvalue weighted by atomic mass is 35.5. The first-order valence-electron chi connectivity index (χ1n) is 6.92. The molecule has 120 valence electrons. The van der Waals surface area contributed by atoms with Gasteiger partial charge in [-0.15, -0.1) is 0 Å². The van der Waals surface area contributed by atoms with Crippen LogP contribution in [-0.4, -0.2) is 16.6 Å². The van der Waals surface area contributed by atoms with E-state index in [0.717, 1.165) is 5.75 Å². The number of nitrogens with zero attached hydrogens (tertiary/aromatic N) is 1. The van der Waals surface area contributed by atoms with Crippen molar-refractivity contribution >= 4 is 40.6 Å². The number of hydrogen-bond donors (Lipinski definition) is 1. The van der Waals surface area contributed by atoms with Gasteiger partial charge in [0, 0.05) is 29.7 Å². The molecule has 23 heavy (non-hydrogen) atoms. The lowest BCUT2D eigenvalue weighted by Crippen LogP contribution is -2.12. The van der Waals surface area contributed by atoms with Crippen molar-refractivity contribution in [3.63, 3.8) is 0 Å². The van der Waals surface area contributed by atoms with E-state index >= 15 is 0 Å². The molecule has 0 aliphatic heterocycles. The van der Waals surface area contributed by atoms with Crippen LogP contribution in [0.1, 0.15) is 12.0 Å². The van der Waals surface area contributed by atoms with Crippen molar-refractivity contribution < 1.29 is 9.72 Å². The molecule has 2 aromatic rings. The van der Waals surface area contributed by atoms with Gasteiger partial charge in [-0.2, -0.15) is 11.8 Å². The number of carbonyl (C=O) groups excluding carboxylic acids is 1. The van der Waals surface area contributed by atoms with Crippen molar-refractivity contribution in [1.82, 2.24) is 0 Å². The molecule has 0 aromatic heterocycles. The van der Waals surface area contributed by atoms with E-state index in [1.54, 1.807) is 17.8 Å². The zero-order chi connectivity index (χ0) is 16.7. The fourth-order valence-electron chi connectivity index (χ4n) is 1.88. The number of thioether (sulfide) groups is 1. The number of carbonyl (C=O) groups is 1. The summed E-state index contributed by atoms with van der Waals surface area (Å²) in [6, 6.07) is 14.2. The topological polar surface area (TPSA) is 72.2 Å². The van der Waals surface area contributed by atoms with Gasteiger partial charge in [0.25, 0.3) is 5.69 Å². The maximum Gasteiger partial charge on any atom is 0.289 e. The van der Waals surface area contributed by atoms with Gasteiger partial charge in [0.15, 0.2) is 0 Å². The van der Waals surface area contributed by atoms with Crippen molar-refractivity contribution in [2.45, 2.75) is 12.2 Å². The molecule has 0 bridgehead atoms. The van der Waals surface area contributed by atoms with E-state index < -0.39 is 4.92 Å². The summed E-state index contributed by atoms with van der Waals surface area (Å²) in [6.07, 6.45) is 0.341. The van der Waals surface area contributed by atoms with Gasteiger partial charge < -0.3 is 5.32 Å². The number of nitro benzene ring substituents is 1. The maximum absolute atomic E-state index is 11.9. The third kappa shape index (κ3) is 5.58. The highest BCUT2D eigenvalue weighted by Crippen LogP contribution is 2.27. The van der Waals surface area contributed by atoms with E-state index in [1.807, 2.05) is 30.3 Å². The van der Waals surface area contributed by atoms with Crippen LogP contribution in [0.5, 0.6) is 0 Å². The first kappa shape index (κ1) is 17.3. The van der Waals surface area contributed by atoms with Crippen LogP contribution in [0.15, 0.2) is 48.5 Å². The first-order valence-corrected chi connectivity index (χ1v) is 8.45. The van der Waals surface area contributed by atoms with E-state index in [1.165, 1.54) is 17.7 Å². The Morgan fingerprint density at radius 1 is 1.22 bits per heavy atom. The Hall–Kier alpha value is -2.05. The highest BCUT2D eigenvalue weighted by molar-refractivity contribution is 7.98. The molecule has 0 spiro atoms. The maximum atomic E-state index is 11.9. The Bertz CT molecular complexity index is 695. The van der Waals surface area contributed by atoms with Crippen LogP contribution in [-0.2, 0) is 10.5 Å². The molecule has 0 saturated carbocycles. The standard InChI is InChI=1S/C16H15ClN2O3S/c17-14-7-6-13(10-15(14)19(21)22)18-16(20)8-9-23-11-12-4-2-1-3-5-12/h1-7,10H,8-9,11H2,(H,18,20). The molecule has 0 unspecified atom stereocenters. The monoisotopic (exact) mass is 350 g/mol. The lowest BCUT2D eigenvalue weighted by atomic mass is 10.2. The number of anilines is 1. The molecule has 1 amide bonds. The van der Waals surface area contributed by atoms with Gasteiger partial charge in [-0.05, 0) is 17.7 Å². The van der Waals surface area contributed by atoms with E-state index in [2.05, 4.69) is 5.32 Å². The first-order chi connectivity index (χ1) is 11.1. The second kappa shape index (κ2) is 8.55. The smallest absolute Gasteiger partial charge is 0.289 e. The Kier molecular flexibility index (Phi) is 6.43. The summed E-state index contributed by atoms with van der Waals surface area (Å²) >= 11 is 7.40. The average molecular weight is 351 g/mol. The molecule has 1 N–H and O–H groups in total. The summed E-state index contributed by atoms with van der Waals surface area (Å²) in [5, 5.41) is 13.5. The molecular weight excluding hydrogens is 336 g/mol. The number of amides is 1. The van der Waals surface area contributed by atoms with Gasteiger partial charge in [0.1, 0.15) is 5.02 Å². The third-order valence-corrected chi connectivity index (χ3v) is 4.36. The molecule has 0 fully saturated rings. The molecule has 0 saturated heterocycles. The number of benzene rings is 2. The molecule has 0 heterocycles. The molecule has 0 aliphatic rings. The molecule has 2 aromatic carbocycles. The summed E-state index contributed by atoms with van der Waals surface area (Å²) < 4.78 is 0. The van der Waals surface area contributed by atoms with E-state index in [9.17, 15) is 14.9 Å². The van der Waals surface area contributed by atoms with Gasteiger partial charge in [-0.3, -0.25) is 14.9 Å². The van der Waals surface area contributed by atoms with E-state index in [4.69, 9.17) is 11.6 Å². The Morgan fingerprint density at radius 2 is 1.96 bits per heavy atom. The van der Waals surface area contributed by atoms with Crippen LogP contribution in [0.4, 0.5) is 11.4 Å². The number of rotatable bonds is 7. The van der Waals surface area contributed by atoms with Gasteiger partial charge in [0.05, 0.1) is 4.92 Å². The van der Waals surface area contributed by atoms with Crippen LogP contribution in [0.2, 0.25) is 5.02 Å². The zero-order valence-corrected chi connectivity index (χ0v) is 13.8. The molecule has 0 radical (unpaired) electrons. The van der Waals surface area contributed by atoms with Crippen LogP contribution in [0, 0.1) is 10.1 Å². The fraction of sp³-hybridized carbons (Fsp3) is 0.188. The van der Waals surface area contributed by atoms with Crippen LogP contribution < -0.4 is 5.32 Å². The summed E-state index contributed by atoms with van der Waals surface area (Å²) in [6.45, 7) is 0. The summed E-state index contributed by atoms with van der Waals surface area (Å²) in [5.41, 5.74) is 1.37. The predicted molar refractivity (Wildman–Crippen MR) is 94.0 cm³/mol. The van der Waals surface area contributed by atoms with E-state index in [-0.39, 0.29) is 16.6 Å². The van der Waals surface area contributed by atoms with Crippen LogP contribution in [0.3, 0.4) is 0 Å². The van der Waals surface area contributed by atoms with Gasteiger partial charge in [-0.1, -0.05) is 41.9 Å². The minimum atomic E-state index is -0.576. The highest BCUT2D eigenvalue weighted by Gasteiger charge is 2.13. The number of halogens is 1. The minimum absolute atomic E-state index is 0.0476. The van der Waals surface area contributed by atoms with Crippen molar-refractivity contribution in [2.75, 3.05) is 11.1 Å². The Balaban J connectivity index is 1.79. The lowest BCUT2D eigenvalue weighted by Gasteiger charge is -2.06. The minimum Gasteiger partial charge on any atom is -0.326 e. The van der Waals surface area contributed by atoms with Crippen LogP contribution >= 0.6 is 23.4 Å². The van der Waals surface area contributed by atoms with Crippen molar-refractivity contribution in [2.24, 2.45) is 0 Å². The van der Waals surface area contributed by atoms with Gasteiger partial charge >= 0.3 is 0 Å². The molecule has 7 heteroatoms.